The molecular formula is C98H184O6P2. The van der Waals surface area contributed by atoms with E-state index in [2.05, 4.69) is 114 Å². The summed E-state index contributed by atoms with van der Waals surface area (Å²) in [7, 11) is -3.14. The van der Waals surface area contributed by atoms with Gasteiger partial charge in [-0.2, -0.15) is 0 Å². The Kier molecular flexibility index (Phi) is 68.0. The smallest absolute Gasteiger partial charge is 0.397 e. The molecule has 2 aromatic rings. The second-order valence-corrected chi connectivity index (χ2v) is 37.7. The molecule has 0 spiro atoms. The van der Waals surface area contributed by atoms with Crippen LogP contribution in [0, 0.1) is 13.8 Å². The van der Waals surface area contributed by atoms with Crippen LogP contribution in [-0.4, -0.2) is 26.4 Å². The number of rotatable bonds is 80. The standard InChI is InChI=1S/C98H184O6P2/c1-14-19-23-27-31-35-39-43-47-51-55-59-63-67-71-75-80-99-105(100-81-76-72-68-64-60-56-52-48-44-40-36-32-28-24-20-15-2)103-95-84-88(6)91(86-93(95)97(8,9)10)90(79-18-5)92-87-94(98(11,12)13)96(85-89(92)7)104-106(101-82-77-73-69-65-61-57-53-49-45-41-37-33-29-25-21-16-3)102-83-78-74-70-66-62-58-54-50-46-42-38-34-30-26-22-17-4/h84-87,90H,14-83H2,1-13H3. The molecular weight excluding hydrogens is 1340 g/mol. The van der Waals surface area contributed by atoms with Crippen LogP contribution in [0.3, 0.4) is 0 Å². The molecule has 0 aromatic heterocycles. The van der Waals surface area contributed by atoms with Crippen LogP contribution in [0.4, 0.5) is 0 Å². The van der Waals surface area contributed by atoms with E-state index in [9.17, 15) is 0 Å². The van der Waals surface area contributed by atoms with Gasteiger partial charge in [0, 0.05) is 17.0 Å². The van der Waals surface area contributed by atoms with Crippen molar-refractivity contribution >= 4 is 17.2 Å². The molecule has 106 heavy (non-hydrogen) atoms. The predicted octanol–water partition coefficient (Wildman–Crippen LogP) is 36.2. The highest BCUT2D eigenvalue weighted by molar-refractivity contribution is 7.42. The molecule has 0 saturated heterocycles. The van der Waals surface area contributed by atoms with Crippen molar-refractivity contribution < 1.29 is 27.1 Å². The summed E-state index contributed by atoms with van der Waals surface area (Å²) in [4.78, 5) is 0. The van der Waals surface area contributed by atoms with Gasteiger partial charge in [0.1, 0.15) is 11.5 Å². The van der Waals surface area contributed by atoms with Crippen molar-refractivity contribution in [2.45, 2.75) is 531 Å². The summed E-state index contributed by atoms with van der Waals surface area (Å²) < 4.78 is 41.1. The van der Waals surface area contributed by atoms with Crippen molar-refractivity contribution in [1.82, 2.24) is 0 Å². The molecule has 8 heteroatoms. The average molecular weight is 1520 g/mol. The lowest BCUT2D eigenvalue weighted by atomic mass is 9.76. The number of hydrogen-bond acceptors (Lipinski definition) is 6. The Morgan fingerprint density at radius 1 is 0.236 bits per heavy atom. The molecule has 0 unspecified atom stereocenters. The molecule has 0 aliphatic rings. The fourth-order valence-corrected chi connectivity index (χ4v) is 17.8. The average Bonchev–Trinajstić information content (AvgIpc) is 0.768. The molecule has 0 atom stereocenters. The summed E-state index contributed by atoms with van der Waals surface area (Å²) in [5, 5.41) is 0. The van der Waals surface area contributed by atoms with Crippen LogP contribution in [0.25, 0.3) is 0 Å². The highest BCUT2D eigenvalue weighted by Crippen LogP contribution is 2.50. The van der Waals surface area contributed by atoms with Crippen LogP contribution in [0.15, 0.2) is 24.3 Å². The Morgan fingerprint density at radius 3 is 0.566 bits per heavy atom. The van der Waals surface area contributed by atoms with E-state index in [-0.39, 0.29) is 16.7 Å². The molecule has 0 amide bonds. The minimum absolute atomic E-state index is 0.170. The lowest BCUT2D eigenvalue weighted by molar-refractivity contribution is 0.197. The predicted molar refractivity (Wildman–Crippen MR) is 474 cm³/mol. The molecule has 6 nitrogen and oxygen atoms in total. The van der Waals surface area contributed by atoms with E-state index >= 15 is 0 Å². The molecule has 0 aliphatic heterocycles. The van der Waals surface area contributed by atoms with E-state index in [1.807, 2.05) is 0 Å². The van der Waals surface area contributed by atoms with E-state index in [0.717, 1.165) is 50.0 Å². The molecule has 0 bridgehead atoms. The van der Waals surface area contributed by atoms with Crippen LogP contribution in [-0.2, 0) is 28.9 Å². The highest BCUT2D eigenvalue weighted by atomic mass is 31.2. The first-order chi connectivity index (χ1) is 51.7. The second kappa shape index (κ2) is 71.5. The van der Waals surface area contributed by atoms with Crippen molar-refractivity contribution in [3.05, 3.63) is 57.6 Å². The van der Waals surface area contributed by atoms with Crippen molar-refractivity contribution in [3.8, 4) is 11.5 Å². The molecule has 0 N–H and O–H groups in total. The van der Waals surface area contributed by atoms with Crippen molar-refractivity contribution in [2.75, 3.05) is 26.4 Å². The maximum Gasteiger partial charge on any atom is 0.397 e. The van der Waals surface area contributed by atoms with E-state index in [1.54, 1.807) is 0 Å². The van der Waals surface area contributed by atoms with E-state index in [4.69, 9.17) is 27.1 Å². The van der Waals surface area contributed by atoms with Crippen molar-refractivity contribution in [2.24, 2.45) is 0 Å². The first-order valence-electron chi connectivity index (χ1n) is 47.5. The van der Waals surface area contributed by atoms with Gasteiger partial charge in [-0.3, -0.25) is 0 Å². The van der Waals surface area contributed by atoms with Gasteiger partial charge in [-0.1, -0.05) is 480 Å². The zero-order valence-electron chi connectivity index (χ0n) is 73.7. The maximum atomic E-state index is 7.11. The fourth-order valence-electron chi connectivity index (χ4n) is 15.7. The van der Waals surface area contributed by atoms with Gasteiger partial charge >= 0.3 is 17.2 Å². The van der Waals surface area contributed by atoms with E-state index in [1.165, 1.54) is 419 Å². The SMILES string of the molecule is CCCCCCCCCCCCCCCCCCOP(OCCCCCCCCCCCCCCCCCC)Oc1cc(C)c(C(CCC)c2cc(C(C)(C)C)c(OP(OCCCCCCCCCCCCCCCCCC)OCCCCCCCCCCCCCCCCCC)cc2C)cc1C(C)(C)C. The first kappa shape index (κ1) is 101. The van der Waals surface area contributed by atoms with Crippen LogP contribution in [0.2, 0.25) is 0 Å². The molecule has 0 radical (unpaired) electrons. The summed E-state index contributed by atoms with van der Waals surface area (Å²) in [6.45, 7) is 33.0. The summed E-state index contributed by atoms with van der Waals surface area (Å²) in [6, 6.07) is 9.68. The Balaban J connectivity index is 2.24. The van der Waals surface area contributed by atoms with Crippen LogP contribution in [0.1, 0.15) is 539 Å². The Labute approximate surface area is 666 Å². The van der Waals surface area contributed by atoms with Gasteiger partial charge in [-0.15, -0.1) is 0 Å². The monoisotopic (exact) mass is 1520 g/mol. The van der Waals surface area contributed by atoms with Crippen LogP contribution < -0.4 is 9.05 Å². The summed E-state index contributed by atoms with van der Waals surface area (Å²) >= 11 is 0. The third-order valence-corrected chi connectivity index (χ3v) is 25.1. The van der Waals surface area contributed by atoms with Gasteiger partial charge in [0.05, 0.1) is 26.4 Å². The molecule has 2 rings (SSSR count). The Hall–Kier alpha value is -1.26. The number of unbranched alkanes of at least 4 members (excludes halogenated alkanes) is 60. The van der Waals surface area contributed by atoms with Crippen molar-refractivity contribution in [1.29, 1.82) is 0 Å². The molecule has 0 saturated carbocycles. The molecule has 0 aliphatic carbocycles. The fraction of sp³-hybridized carbons (Fsp3) is 0.878. The van der Waals surface area contributed by atoms with Gasteiger partial charge in [-0.25, -0.2) is 0 Å². The lowest BCUT2D eigenvalue weighted by Gasteiger charge is -2.31. The maximum absolute atomic E-state index is 7.11. The molecule has 2 aromatic carbocycles. The Morgan fingerprint density at radius 2 is 0.406 bits per heavy atom. The van der Waals surface area contributed by atoms with Crippen LogP contribution in [0.5, 0.6) is 11.5 Å². The quantitative estimate of drug-likeness (QED) is 0.0486. The van der Waals surface area contributed by atoms with E-state index in [0.29, 0.717) is 26.4 Å². The van der Waals surface area contributed by atoms with E-state index < -0.39 is 17.2 Å². The molecule has 622 valence electrons. The third kappa shape index (κ3) is 56.1. The second-order valence-electron chi connectivity index (χ2n) is 35.4. The zero-order chi connectivity index (χ0) is 76.9. The topological polar surface area (TPSA) is 55.4 Å². The molecule has 0 fully saturated rings. The van der Waals surface area contributed by atoms with Gasteiger partial charge in [0.2, 0.25) is 0 Å². The summed E-state index contributed by atoms with van der Waals surface area (Å²) in [5.74, 6) is 2.03. The number of hydrogen-bond donors (Lipinski definition) is 0. The minimum Gasteiger partial charge on any atom is -0.426 e. The van der Waals surface area contributed by atoms with Gasteiger partial charge in [0.25, 0.3) is 0 Å². The number of aryl methyl sites for hydroxylation is 2. The largest absolute Gasteiger partial charge is 0.426 e. The zero-order valence-corrected chi connectivity index (χ0v) is 75.5. The number of benzene rings is 2. The summed E-state index contributed by atoms with van der Waals surface area (Å²) in [5.41, 5.74) is 7.40. The minimum atomic E-state index is -1.57. The Bertz CT molecular complexity index is 1980. The lowest BCUT2D eigenvalue weighted by Crippen LogP contribution is -2.17. The highest BCUT2D eigenvalue weighted by Gasteiger charge is 2.31. The third-order valence-electron chi connectivity index (χ3n) is 22.8. The normalized spacial score (nSPS) is 12.2. The summed E-state index contributed by atoms with van der Waals surface area (Å²) in [6.07, 6.45) is 89.2. The molecule has 0 heterocycles. The van der Waals surface area contributed by atoms with Crippen molar-refractivity contribution in [3.63, 3.8) is 0 Å². The van der Waals surface area contributed by atoms with Crippen LogP contribution >= 0.6 is 17.2 Å². The van der Waals surface area contributed by atoms with Gasteiger partial charge in [0.15, 0.2) is 0 Å². The first-order valence-corrected chi connectivity index (χ1v) is 49.7. The van der Waals surface area contributed by atoms with Gasteiger partial charge in [-0.05, 0) is 91.2 Å². The van der Waals surface area contributed by atoms with Gasteiger partial charge < -0.3 is 27.1 Å².